The predicted molar refractivity (Wildman–Crippen MR) is 74.9 cm³/mol. The summed E-state index contributed by atoms with van der Waals surface area (Å²) in [6.45, 7) is 0.246. The zero-order chi connectivity index (χ0) is 16.6. The third-order valence-electron chi connectivity index (χ3n) is 3.38. The predicted octanol–water partition coefficient (Wildman–Crippen LogP) is 4.45. The van der Waals surface area contributed by atoms with Crippen molar-refractivity contribution in [2.45, 2.75) is 30.3 Å². The lowest BCUT2D eigenvalue weighted by molar-refractivity contribution is 0.358. The molecular formula is C15H11F5N2S. The molecule has 1 aliphatic rings. The van der Waals surface area contributed by atoms with Gasteiger partial charge in [-0.05, 0) is 36.9 Å². The Morgan fingerprint density at radius 2 is 1.57 bits per heavy atom. The highest BCUT2D eigenvalue weighted by Crippen LogP contribution is 2.40. The van der Waals surface area contributed by atoms with E-state index >= 15 is 0 Å². The maximum absolute atomic E-state index is 13.8. The van der Waals surface area contributed by atoms with Crippen molar-refractivity contribution >= 4 is 11.9 Å². The van der Waals surface area contributed by atoms with Gasteiger partial charge < -0.3 is 0 Å². The molecule has 1 saturated carbocycles. The molecule has 1 aromatic carbocycles. The van der Waals surface area contributed by atoms with Crippen LogP contribution in [-0.2, 0) is 6.54 Å². The summed E-state index contributed by atoms with van der Waals surface area (Å²) in [4.78, 5) is 3.23. The molecule has 1 aliphatic carbocycles. The quantitative estimate of drug-likeness (QED) is 0.344. The maximum Gasteiger partial charge on any atom is 0.200 e. The molecule has 0 aliphatic heterocycles. The van der Waals surface area contributed by atoms with Crippen LogP contribution in [0.2, 0.25) is 0 Å². The van der Waals surface area contributed by atoms with E-state index in [-0.39, 0.29) is 12.6 Å². The van der Waals surface area contributed by atoms with Crippen LogP contribution < -0.4 is 0 Å². The van der Waals surface area contributed by atoms with Crippen molar-refractivity contribution in [3.63, 3.8) is 0 Å². The number of nitrogens with zero attached hydrogens (tertiary/aromatic N) is 2. The van der Waals surface area contributed by atoms with Crippen molar-refractivity contribution < 1.29 is 22.0 Å². The number of aromatic nitrogens is 1. The van der Waals surface area contributed by atoms with Crippen molar-refractivity contribution in [1.82, 2.24) is 9.29 Å². The first-order valence-electron chi connectivity index (χ1n) is 6.85. The van der Waals surface area contributed by atoms with E-state index < -0.39 is 34.0 Å². The van der Waals surface area contributed by atoms with E-state index in [4.69, 9.17) is 0 Å². The van der Waals surface area contributed by atoms with E-state index in [0.717, 1.165) is 12.8 Å². The van der Waals surface area contributed by atoms with E-state index in [1.54, 1.807) is 28.7 Å². The van der Waals surface area contributed by atoms with E-state index in [0.29, 0.717) is 17.6 Å². The first kappa shape index (κ1) is 16.2. The minimum Gasteiger partial charge on any atom is -0.260 e. The van der Waals surface area contributed by atoms with Crippen LogP contribution in [0.25, 0.3) is 0 Å². The van der Waals surface area contributed by atoms with Gasteiger partial charge in [-0.25, -0.2) is 26.3 Å². The molecule has 8 heteroatoms. The molecule has 1 heterocycles. The van der Waals surface area contributed by atoms with E-state index in [1.807, 2.05) is 0 Å². The SMILES string of the molecule is Fc1c(F)c(F)c(SN(Cc2ccccn2)C2CC2)c(F)c1F. The fraction of sp³-hybridized carbons (Fsp3) is 0.267. The van der Waals surface area contributed by atoms with Crippen molar-refractivity contribution in [2.75, 3.05) is 0 Å². The van der Waals surface area contributed by atoms with Crippen molar-refractivity contribution in [3.8, 4) is 0 Å². The summed E-state index contributed by atoms with van der Waals surface area (Å²) in [6.07, 6.45) is 3.17. The Labute approximate surface area is 133 Å². The largest absolute Gasteiger partial charge is 0.260 e. The van der Waals surface area contributed by atoms with Gasteiger partial charge in [0.25, 0.3) is 0 Å². The Bertz CT molecular complexity index is 693. The van der Waals surface area contributed by atoms with Gasteiger partial charge in [-0.15, -0.1) is 0 Å². The monoisotopic (exact) mass is 346 g/mol. The van der Waals surface area contributed by atoms with E-state index in [9.17, 15) is 22.0 Å². The molecule has 0 saturated heterocycles. The summed E-state index contributed by atoms with van der Waals surface area (Å²) in [5.74, 6) is -9.62. The molecule has 2 aromatic rings. The summed E-state index contributed by atoms with van der Waals surface area (Å²) in [5, 5.41) is 0. The highest BCUT2D eigenvalue weighted by atomic mass is 32.2. The fourth-order valence-corrected chi connectivity index (χ4v) is 3.16. The molecule has 1 aromatic heterocycles. The first-order chi connectivity index (χ1) is 11.0. The third kappa shape index (κ3) is 3.32. The number of benzene rings is 1. The molecule has 2 nitrogen and oxygen atoms in total. The molecule has 0 atom stereocenters. The molecule has 0 unspecified atom stereocenters. The topological polar surface area (TPSA) is 16.1 Å². The Morgan fingerprint density at radius 3 is 2.09 bits per heavy atom. The van der Waals surface area contributed by atoms with Gasteiger partial charge in [-0.1, -0.05) is 6.07 Å². The van der Waals surface area contributed by atoms with Crippen LogP contribution in [0.4, 0.5) is 22.0 Å². The Morgan fingerprint density at radius 1 is 0.957 bits per heavy atom. The molecule has 122 valence electrons. The van der Waals surface area contributed by atoms with E-state index in [1.165, 1.54) is 0 Å². The first-order valence-corrected chi connectivity index (χ1v) is 7.62. The molecule has 0 bridgehead atoms. The van der Waals surface area contributed by atoms with Crippen LogP contribution in [0.1, 0.15) is 18.5 Å². The van der Waals surface area contributed by atoms with Gasteiger partial charge in [0.15, 0.2) is 23.3 Å². The number of hydrogen-bond acceptors (Lipinski definition) is 3. The fourth-order valence-electron chi connectivity index (χ4n) is 2.03. The zero-order valence-electron chi connectivity index (χ0n) is 11.7. The zero-order valence-corrected chi connectivity index (χ0v) is 12.5. The van der Waals surface area contributed by atoms with Crippen molar-refractivity contribution in [1.29, 1.82) is 0 Å². The molecular weight excluding hydrogens is 335 g/mol. The molecule has 3 rings (SSSR count). The van der Waals surface area contributed by atoms with Crippen molar-refractivity contribution in [2.24, 2.45) is 0 Å². The maximum atomic E-state index is 13.8. The lowest BCUT2D eigenvalue weighted by Gasteiger charge is -2.21. The molecule has 23 heavy (non-hydrogen) atoms. The average molecular weight is 346 g/mol. The van der Waals surface area contributed by atoms with Gasteiger partial charge in [0, 0.05) is 12.2 Å². The van der Waals surface area contributed by atoms with Crippen LogP contribution in [0, 0.1) is 29.1 Å². The van der Waals surface area contributed by atoms with Crippen LogP contribution in [0.3, 0.4) is 0 Å². The highest BCUT2D eigenvalue weighted by molar-refractivity contribution is 7.97. The summed E-state index contributed by atoms with van der Waals surface area (Å²) in [6, 6.07) is 5.24. The Balaban J connectivity index is 1.89. The number of pyridine rings is 1. The molecule has 0 spiro atoms. The molecule has 1 fully saturated rings. The van der Waals surface area contributed by atoms with Gasteiger partial charge in [0.05, 0.1) is 12.2 Å². The second-order valence-corrected chi connectivity index (χ2v) is 6.18. The average Bonchev–Trinajstić information content (AvgIpc) is 3.40. The highest BCUT2D eigenvalue weighted by Gasteiger charge is 2.34. The van der Waals surface area contributed by atoms with Crippen molar-refractivity contribution in [3.05, 3.63) is 59.2 Å². The minimum absolute atomic E-state index is 0.0250. The Hall–Kier alpha value is -1.67. The number of hydrogen-bond donors (Lipinski definition) is 0. The van der Waals surface area contributed by atoms with E-state index in [2.05, 4.69) is 4.98 Å². The lowest BCUT2D eigenvalue weighted by Crippen LogP contribution is -2.19. The van der Waals surface area contributed by atoms with Gasteiger partial charge >= 0.3 is 0 Å². The van der Waals surface area contributed by atoms with Crippen LogP contribution in [0.5, 0.6) is 0 Å². The lowest BCUT2D eigenvalue weighted by atomic mass is 10.3. The second-order valence-electron chi connectivity index (χ2n) is 5.12. The van der Waals surface area contributed by atoms with Gasteiger partial charge in [-0.3, -0.25) is 4.98 Å². The summed E-state index contributed by atoms with van der Waals surface area (Å²) < 4.78 is 68.9. The molecule has 0 amide bonds. The third-order valence-corrected chi connectivity index (χ3v) is 4.58. The molecule has 0 N–H and O–H groups in total. The van der Waals surface area contributed by atoms with Gasteiger partial charge in [0.2, 0.25) is 5.82 Å². The van der Waals surface area contributed by atoms with Crippen LogP contribution in [-0.4, -0.2) is 15.3 Å². The summed E-state index contributed by atoms with van der Waals surface area (Å²) in [7, 11) is 0. The smallest absolute Gasteiger partial charge is 0.200 e. The van der Waals surface area contributed by atoms with Gasteiger partial charge in [-0.2, -0.15) is 0 Å². The minimum atomic E-state index is -2.15. The van der Waals surface area contributed by atoms with Gasteiger partial charge in [0.1, 0.15) is 4.90 Å². The second kappa shape index (κ2) is 6.45. The van der Waals surface area contributed by atoms with Crippen LogP contribution in [0.15, 0.2) is 29.3 Å². The summed E-state index contributed by atoms with van der Waals surface area (Å²) in [5.41, 5.74) is 0.649. The standard InChI is InChI=1S/C15H11F5N2S/c16-10-11(17)13(19)15(14(20)12(10)18)23-22(9-4-5-9)7-8-3-1-2-6-21-8/h1-3,6,9H,4-5,7H2. The van der Waals surface area contributed by atoms with Crippen LogP contribution >= 0.6 is 11.9 Å². The normalized spacial score (nSPS) is 14.5. The Kier molecular flexibility index (Phi) is 4.54. The summed E-state index contributed by atoms with van der Waals surface area (Å²) >= 11 is 0.541. The number of halogens is 5. The number of rotatable bonds is 5. The molecule has 0 radical (unpaired) electrons.